The molecule has 1 heterocycles. The smallest absolute Gasteiger partial charge is 0.313 e. The van der Waals surface area contributed by atoms with E-state index in [4.69, 9.17) is 0 Å². The van der Waals surface area contributed by atoms with Gasteiger partial charge in [-0.15, -0.1) is 0 Å². The second-order valence-electron chi connectivity index (χ2n) is 5.89. The van der Waals surface area contributed by atoms with Gasteiger partial charge in [0, 0.05) is 11.7 Å². The molecule has 0 spiro atoms. The molecular weight excluding hydrogens is 311 g/mol. The summed E-state index contributed by atoms with van der Waals surface area (Å²) in [7, 11) is 0. The number of carbonyl (C=O) groups excluding carboxylic acids is 2. The summed E-state index contributed by atoms with van der Waals surface area (Å²) in [5.74, 6) is -1.68. The molecule has 6 nitrogen and oxygen atoms in total. The molecule has 3 rings (SSSR count). The Morgan fingerprint density at radius 2 is 2.04 bits per heavy atom. The third-order valence-corrected chi connectivity index (χ3v) is 3.81. The molecule has 4 N–H and O–H groups in total. The van der Waals surface area contributed by atoms with Gasteiger partial charge in [-0.2, -0.15) is 0 Å². The molecule has 1 fully saturated rings. The maximum absolute atomic E-state index is 13.7. The molecule has 1 unspecified atom stereocenters. The highest BCUT2D eigenvalue weighted by Crippen LogP contribution is 2.18. The number of halogens is 1. The van der Waals surface area contributed by atoms with Gasteiger partial charge in [0.15, 0.2) is 0 Å². The number of benzene rings is 1. The number of aryl methyl sites for hydroxylation is 1. The Kier molecular flexibility index (Phi) is 4.50. The molecule has 24 heavy (non-hydrogen) atoms. The number of hydrogen-bond acceptors (Lipinski definition) is 4. The van der Waals surface area contributed by atoms with Crippen molar-refractivity contribution >= 4 is 17.5 Å². The van der Waals surface area contributed by atoms with Gasteiger partial charge in [-0.25, -0.2) is 4.39 Å². The van der Waals surface area contributed by atoms with Crippen LogP contribution in [0.5, 0.6) is 0 Å². The van der Waals surface area contributed by atoms with Crippen molar-refractivity contribution in [3.63, 3.8) is 0 Å². The largest absolute Gasteiger partial charge is 0.367 e. The summed E-state index contributed by atoms with van der Waals surface area (Å²) in [5.41, 5.74) is 1.60. The van der Waals surface area contributed by atoms with Crippen LogP contribution in [0.4, 0.5) is 10.1 Å². The number of amides is 2. The van der Waals surface area contributed by atoms with Crippen LogP contribution in [-0.2, 0) is 9.59 Å². The van der Waals surface area contributed by atoms with Gasteiger partial charge >= 0.3 is 11.8 Å². The number of hydrogen-bond donors (Lipinski definition) is 4. The van der Waals surface area contributed by atoms with Gasteiger partial charge < -0.3 is 21.3 Å². The van der Waals surface area contributed by atoms with Gasteiger partial charge in [0.25, 0.3) is 0 Å². The fourth-order valence-electron chi connectivity index (χ4n) is 2.24. The molecule has 1 aromatic rings. The minimum Gasteiger partial charge on any atom is -0.367 e. The highest BCUT2D eigenvalue weighted by molar-refractivity contribution is 6.35. The van der Waals surface area contributed by atoms with Crippen LogP contribution >= 0.6 is 0 Å². The van der Waals surface area contributed by atoms with E-state index in [1.165, 1.54) is 6.07 Å². The number of carbonyl (C=O) groups is 2. The quantitative estimate of drug-likeness (QED) is 0.627. The zero-order valence-corrected chi connectivity index (χ0v) is 13.2. The maximum atomic E-state index is 13.7. The molecule has 1 aromatic carbocycles. The van der Waals surface area contributed by atoms with Crippen molar-refractivity contribution in [2.45, 2.75) is 32.0 Å². The molecule has 2 amide bonds. The molecule has 1 atom stereocenters. The Morgan fingerprint density at radius 3 is 2.75 bits per heavy atom. The van der Waals surface area contributed by atoms with Crippen molar-refractivity contribution in [3.05, 3.63) is 53.6 Å². The average molecular weight is 330 g/mol. The van der Waals surface area contributed by atoms with Crippen molar-refractivity contribution in [3.8, 4) is 0 Å². The Bertz CT molecular complexity index is 725. The van der Waals surface area contributed by atoms with Crippen LogP contribution < -0.4 is 21.3 Å². The van der Waals surface area contributed by atoms with Gasteiger partial charge in [0.2, 0.25) is 0 Å². The lowest BCUT2D eigenvalue weighted by Gasteiger charge is -2.25. The standard InChI is InChI=1S/C17H19FN4O2/c1-10-4-5-12(9-13(10)18)20-15-14(3-2-8-19-15)22-17(24)16(23)21-11-6-7-11/h2-5,8-9,11,15,19-20H,6-7H2,1H3,(H,21,23)(H,22,24). The van der Waals surface area contributed by atoms with E-state index in [1.807, 2.05) is 0 Å². The van der Waals surface area contributed by atoms with E-state index >= 15 is 0 Å². The second-order valence-corrected chi connectivity index (χ2v) is 5.89. The van der Waals surface area contributed by atoms with Crippen LogP contribution in [0.1, 0.15) is 18.4 Å². The van der Waals surface area contributed by atoms with Crippen LogP contribution in [-0.4, -0.2) is 24.0 Å². The van der Waals surface area contributed by atoms with E-state index in [0.717, 1.165) is 12.8 Å². The number of nitrogens with one attached hydrogen (secondary N) is 4. The molecule has 1 aliphatic carbocycles. The van der Waals surface area contributed by atoms with Crippen LogP contribution in [0.15, 0.2) is 42.2 Å². The topological polar surface area (TPSA) is 82.3 Å². The predicted octanol–water partition coefficient (Wildman–Crippen LogP) is 1.27. The lowest BCUT2D eigenvalue weighted by molar-refractivity contribution is -0.138. The van der Waals surface area contributed by atoms with Crippen molar-refractivity contribution in [1.82, 2.24) is 16.0 Å². The minimum atomic E-state index is -0.716. The molecule has 0 radical (unpaired) electrons. The molecule has 126 valence electrons. The maximum Gasteiger partial charge on any atom is 0.313 e. The highest BCUT2D eigenvalue weighted by atomic mass is 19.1. The fourth-order valence-corrected chi connectivity index (χ4v) is 2.24. The minimum absolute atomic E-state index is 0.117. The third-order valence-electron chi connectivity index (χ3n) is 3.81. The van der Waals surface area contributed by atoms with Gasteiger partial charge in [-0.3, -0.25) is 9.59 Å². The van der Waals surface area contributed by atoms with Crippen molar-refractivity contribution in [2.24, 2.45) is 0 Å². The SMILES string of the molecule is Cc1ccc(NC2NC=CC=C2NC(=O)C(=O)NC2CC2)cc1F. The molecule has 1 saturated carbocycles. The molecule has 7 heteroatoms. The van der Waals surface area contributed by atoms with Crippen LogP contribution in [0.25, 0.3) is 0 Å². The monoisotopic (exact) mass is 330 g/mol. The normalized spacial score (nSPS) is 19.1. The van der Waals surface area contributed by atoms with Crippen LogP contribution in [0.2, 0.25) is 0 Å². The number of allylic oxidation sites excluding steroid dienone is 2. The first-order valence-electron chi connectivity index (χ1n) is 7.80. The van der Waals surface area contributed by atoms with Crippen molar-refractivity contribution in [2.75, 3.05) is 5.32 Å². The molecular formula is C17H19FN4O2. The van der Waals surface area contributed by atoms with Crippen molar-refractivity contribution < 1.29 is 14.0 Å². The summed E-state index contributed by atoms with van der Waals surface area (Å²) in [6.07, 6.45) is 6.44. The van der Waals surface area contributed by atoms with E-state index in [-0.39, 0.29) is 11.9 Å². The Hall–Kier alpha value is -2.83. The fraction of sp³-hybridized carbons (Fsp3) is 0.294. The second kappa shape index (κ2) is 6.74. The first kappa shape index (κ1) is 16.0. The Morgan fingerprint density at radius 1 is 1.25 bits per heavy atom. The first-order valence-corrected chi connectivity index (χ1v) is 7.80. The zero-order chi connectivity index (χ0) is 17.1. The summed E-state index contributed by atoms with van der Waals surface area (Å²) in [4.78, 5) is 23.7. The summed E-state index contributed by atoms with van der Waals surface area (Å²) < 4.78 is 13.7. The van der Waals surface area contributed by atoms with Gasteiger partial charge in [-0.1, -0.05) is 6.07 Å². The molecule has 0 saturated heterocycles. The Labute approximate surface area is 139 Å². The van der Waals surface area contributed by atoms with E-state index in [0.29, 0.717) is 16.9 Å². The molecule has 0 bridgehead atoms. The summed E-state index contributed by atoms with van der Waals surface area (Å²) >= 11 is 0. The van der Waals surface area contributed by atoms with Gasteiger partial charge in [0.1, 0.15) is 12.0 Å². The van der Waals surface area contributed by atoms with Gasteiger partial charge in [-0.05, 0) is 55.8 Å². The number of dihydropyridines is 1. The van der Waals surface area contributed by atoms with E-state index in [9.17, 15) is 14.0 Å². The van der Waals surface area contributed by atoms with Gasteiger partial charge in [0.05, 0.1) is 5.70 Å². The third kappa shape index (κ3) is 3.92. The predicted molar refractivity (Wildman–Crippen MR) is 88.2 cm³/mol. The Balaban J connectivity index is 1.64. The lowest BCUT2D eigenvalue weighted by atomic mass is 10.2. The van der Waals surface area contributed by atoms with E-state index in [2.05, 4.69) is 21.3 Å². The van der Waals surface area contributed by atoms with Crippen LogP contribution in [0, 0.1) is 12.7 Å². The van der Waals surface area contributed by atoms with Crippen LogP contribution in [0.3, 0.4) is 0 Å². The summed E-state index contributed by atoms with van der Waals surface area (Å²) in [6, 6.07) is 4.92. The summed E-state index contributed by atoms with van der Waals surface area (Å²) in [6.45, 7) is 1.69. The molecule has 2 aliphatic rings. The number of rotatable bonds is 4. The number of anilines is 1. The zero-order valence-electron chi connectivity index (χ0n) is 13.2. The summed E-state index contributed by atoms with van der Waals surface area (Å²) in [5, 5.41) is 11.3. The molecule has 1 aliphatic heterocycles. The van der Waals surface area contributed by atoms with E-state index in [1.54, 1.807) is 37.4 Å². The van der Waals surface area contributed by atoms with Crippen molar-refractivity contribution in [1.29, 1.82) is 0 Å². The average Bonchev–Trinajstić information content (AvgIpc) is 3.36. The molecule has 0 aromatic heterocycles. The lowest BCUT2D eigenvalue weighted by Crippen LogP contribution is -2.47. The first-order chi connectivity index (χ1) is 11.5. The highest BCUT2D eigenvalue weighted by Gasteiger charge is 2.27. The van der Waals surface area contributed by atoms with E-state index < -0.39 is 18.0 Å².